The number of nitrogens with one attached hydrogen (secondary N) is 1. The fraction of sp³-hybridized carbons (Fsp3) is 0.250. The molecule has 1 atom stereocenters. The van der Waals surface area contributed by atoms with Crippen molar-refractivity contribution in [1.82, 2.24) is 5.32 Å². The van der Waals surface area contributed by atoms with E-state index in [4.69, 9.17) is 4.74 Å². The first-order valence-electron chi connectivity index (χ1n) is 8.16. The van der Waals surface area contributed by atoms with E-state index >= 15 is 0 Å². The smallest absolute Gasteiger partial charge is 0.330 e. The van der Waals surface area contributed by atoms with Gasteiger partial charge in [0.1, 0.15) is 5.75 Å². The van der Waals surface area contributed by atoms with E-state index in [1.807, 2.05) is 19.1 Å². The maximum atomic E-state index is 12.1. The van der Waals surface area contributed by atoms with Crippen LogP contribution in [0.5, 0.6) is 5.75 Å². The van der Waals surface area contributed by atoms with Gasteiger partial charge < -0.3 is 15.2 Å². The second-order valence-electron chi connectivity index (χ2n) is 5.90. The first kappa shape index (κ1) is 19.2. The van der Waals surface area contributed by atoms with E-state index in [2.05, 4.69) is 5.32 Å². The van der Waals surface area contributed by atoms with E-state index in [0.29, 0.717) is 16.9 Å². The summed E-state index contributed by atoms with van der Waals surface area (Å²) in [6, 6.07) is 12.3. The minimum absolute atomic E-state index is 0.0177. The summed E-state index contributed by atoms with van der Waals surface area (Å²) in [6.07, 6.45) is -0.0590. The summed E-state index contributed by atoms with van der Waals surface area (Å²) < 4.78 is 5.03. The molecule has 6 nitrogen and oxygen atoms in total. The van der Waals surface area contributed by atoms with Crippen molar-refractivity contribution in [3.8, 4) is 5.75 Å². The molecule has 2 rings (SSSR count). The number of methoxy groups -OCH3 is 1. The zero-order valence-corrected chi connectivity index (χ0v) is 14.7. The van der Waals surface area contributed by atoms with Crippen LogP contribution in [-0.2, 0) is 9.59 Å². The van der Waals surface area contributed by atoms with Crippen molar-refractivity contribution in [1.29, 1.82) is 0 Å². The van der Waals surface area contributed by atoms with Crippen LogP contribution in [0.4, 0.5) is 0 Å². The van der Waals surface area contributed by atoms with Gasteiger partial charge in [0.25, 0.3) is 0 Å². The molecular formula is C20H21NO5. The molecule has 2 aromatic carbocycles. The predicted molar refractivity (Wildman–Crippen MR) is 96.3 cm³/mol. The van der Waals surface area contributed by atoms with Gasteiger partial charge >= 0.3 is 5.97 Å². The van der Waals surface area contributed by atoms with Gasteiger partial charge in [-0.3, -0.25) is 9.59 Å². The highest BCUT2D eigenvalue weighted by molar-refractivity contribution is 5.98. The summed E-state index contributed by atoms with van der Waals surface area (Å²) in [5.41, 5.74) is 2.01. The highest BCUT2D eigenvalue weighted by atomic mass is 16.5. The maximum absolute atomic E-state index is 12.1. The van der Waals surface area contributed by atoms with Gasteiger partial charge in [0.05, 0.1) is 7.11 Å². The van der Waals surface area contributed by atoms with Crippen LogP contribution >= 0.6 is 0 Å². The van der Waals surface area contributed by atoms with E-state index in [0.717, 1.165) is 5.56 Å². The topological polar surface area (TPSA) is 92.7 Å². The molecule has 0 bridgehead atoms. The summed E-state index contributed by atoms with van der Waals surface area (Å²) in [7, 11) is 1.51. The van der Waals surface area contributed by atoms with Gasteiger partial charge in [-0.1, -0.05) is 42.0 Å². The van der Waals surface area contributed by atoms with E-state index in [1.54, 1.807) is 36.4 Å². The third-order valence-corrected chi connectivity index (χ3v) is 3.95. The zero-order chi connectivity index (χ0) is 19.1. The molecule has 0 fully saturated rings. The molecule has 1 amide bonds. The fourth-order valence-corrected chi connectivity index (χ4v) is 2.43. The number of rotatable bonds is 8. The lowest BCUT2D eigenvalue weighted by Gasteiger charge is -2.15. The molecule has 2 aromatic rings. The molecule has 6 heteroatoms. The Hall–Kier alpha value is -3.15. The van der Waals surface area contributed by atoms with Crippen molar-refractivity contribution in [2.45, 2.75) is 25.8 Å². The van der Waals surface area contributed by atoms with Crippen LogP contribution in [0.15, 0.2) is 48.5 Å². The van der Waals surface area contributed by atoms with Crippen molar-refractivity contribution < 1.29 is 24.2 Å². The van der Waals surface area contributed by atoms with Gasteiger partial charge in [0.2, 0.25) is 5.91 Å². The van der Waals surface area contributed by atoms with E-state index in [1.165, 1.54) is 7.11 Å². The average Bonchev–Trinajstić information content (AvgIpc) is 2.64. The molecule has 0 aliphatic heterocycles. The van der Waals surface area contributed by atoms with Crippen LogP contribution in [0.25, 0.3) is 0 Å². The number of carbonyl (C=O) groups excluding carboxylic acids is 2. The highest BCUT2D eigenvalue weighted by Gasteiger charge is 2.22. The maximum Gasteiger partial charge on any atom is 0.330 e. The number of aryl methyl sites for hydroxylation is 1. The third-order valence-electron chi connectivity index (χ3n) is 3.95. The summed E-state index contributed by atoms with van der Waals surface area (Å²) in [5, 5.41) is 11.8. The molecule has 136 valence electrons. The summed E-state index contributed by atoms with van der Waals surface area (Å²) in [6.45, 7) is 1.92. The largest absolute Gasteiger partial charge is 0.497 e. The lowest BCUT2D eigenvalue weighted by Crippen LogP contribution is -2.33. The average molecular weight is 355 g/mol. The standard InChI is InChI=1S/C20H21NO5/c1-13-3-5-14(6-4-13)17(22)11-12-18(23)21-19(20(24)25)15-7-9-16(26-2)10-8-15/h3-10,19H,11-12H2,1-2H3,(H,21,23)(H,24,25). The molecular weight excluding hydrogens is 334 g/mol. The summed E-state index contributed by atoms with van der Waals surface area (Å²) in [4.78, 5) is 35.7. The fourth-order valence-electron chi connectivity index (χ4n) is 2.43. The molecule has 0 aliphatic carbocycles. The Morgan fingerprint density at radius 1 is 1.00 bits per heavy atom. The van der Waals surface area contributed by atoms with Crippen molar-refractivity contribution in [2.24, 2.45) is 0 Å². The van der Waals surface area contributed by atoms with Gasteiger partial charge in [0, 0.05) is 18.4 Å². The Balaban J connectivity index is 1.95. The Morgan fingerprint density at radius 3 is 2.15 bits per heavy atom. The Bertz CT molecular complexity index is 781. The van der Waals surface area contributed by atoms with Gasteiger partial charge in [-0.15, -0.1) is 0 Å². The molecule has 0 saturated carbocycles. The lowest BCUT2D eigenvalue weighted by atomic mass is 10.0. The third kappa shape index (κ3) is 5.17. The monoisotopic (exact) mass is 355 g/mol. The second-order valence-corrected chi connectivity index (χ2v) is 5.90. The van der Waals surface area contributed by atoms with Crippen LogP contribution in [0.2, 0.25) is 0 Å². The zero-order valence-electron chi connectivity index (χ0n) is 14.7. The van der Waals surface area contributed by atoms with Crippen LogP contribution in [-0.4, -0.2) is 29.9 Å². The second kappa shape index (κ2) is 8.80. The highest BCUT2D eigenvalue weighted by Crippen LogP contribution is 2.18. The molecule has 0 spiro atoms. The van der Waals surface area contributed by atoms with E-state index in [9.17, 15) is 19.5 Å². The van der Waals surface area contributed by atoms with Crippen LogP contribution in [0, 0.1) is 6.92 Å². The molecule has 0 heterocycles. The minimum Gasteiger partial charge on any atom is -0.497 e. The normalized spacial score (nSPS) is 11.5. The Morgan fingerprint density at radius 2 is 1.62 bits per heavy atom. The summed E-state index contributed by atoms with van der Waals surface area (Å²) >= 11 is 0. The number of aliphatic carboxylic acids is 1. The van der Waals surface area contributed by atoms with Crippen LogP contribution < -0.4 is 10.1 Å². The van der Waals surface area contributed by atoms with Crippen LogP contribution in [0.3, 0.4) is 0 Å². The SMILES string of the molecule is COc1ccc(C(NC(=O)CCC(=O)c2ccc(C)cc2)C(=O)O)cc1. The van der Waals surface area contributed by atoms with Gasteiger partial charge in [-0.2, -0.15) is 0 Å². The molecule has 0 aromatic heterocycles. The number of carbonyl (C=O) groups is 3. The van der Waals surface area contributed by atoms with Gasteiger partial charge in [-0.05, 0) is 24.6 Å². The molecule has 0 aliphatic rings. The van der Waals surface area contributed by atoms with Crippen molar-refractivity contribution >= 4 is 17.7 Å². The Kier molecular flexibility index (Phi) is 6.49. The van der Waals surface area contributed by atoms with E-state index < -0.39 is 17.9 Å². The molecule has 1 unspecified atom stereocenters. The molecule has 26 heavy (non-hydrogen) atoms. The molecule has 0 saturated heterocycles. The number of ether oxygens (including phenoxy) is 1. The van der Waals surface area contributed by atoms with Crippen molar-refractivity contribution in [3.05, 3.63) is 65.2 Å². The first-order chi connectivity index (χ1) is 12.4. The summed E-state index contributed by atoms with van der Waals surface area (Å²) in [5.74, 6) is -1.23. The molecule has 2 N–H and O–H groups in total. The van der Waals surface area contributed by atoms with Crippen LogP contribution in [0.1, 0.15) is 40.4 Å². The first-order valence-corrected chi connectivity index (χ1v) is 8.16. The number of benzene rings is 2. The number of hydrogen-bond acceptors (Lipinski definition) is 4. The predicted octanol–water partition coefficient (Wildman–Crippen LogP) is 2.91. The van der Waals surface area contributed by atoms with Gasteiger partial charge in [-0.25, -0.2) is 4.79 Å². The number of amides is 1. The number of ketones is 1. The van der Waals surface area contributed by atoms with E-state index in [-0.39, 0.29) is 18.6 Å². The number of Topliss-reactive ketones (excluding diaryl/α,β-unsaturated/α-hetero) is 1. The number of carboxylic acid groups (broad SMARTS) is 1. The molecule has 0 radical (unpaired) electrons. The van der Waals surface area contributed by atoms with Crippen molar-refractivity contribution in [2.75, 3.05) is 7.11 Å². The minimum atomic E-state index is -1.18. The lowest BCUT2D eigenvalue weighted by molar-refractivity contribution is -0.142. The Labute approximate surface area is 151 Å². The van der Waals surface area contributed by atoms with Crippen molar-refractivity contribution in [3.63, 3.8) is 0 Å². The number of carboxylic acids is 1. The number of hydrogen-bond donors (Lipinski definition) is 2. The quantitative estimate of drug-likeness (QED) is 0.710. The van der Waals surface area contributed by atoms with Gasteiger partial charge in [0.15, 0.2) is 11.8 Å².